The Hall–Kier alpha value is -1.92. The molecule has 0 aliphatic carbocycles. The Labute approximate surface area is 111 Å². The van der Waals surface area contributed by atoms with Crippen molar-refractivity contribution in [1.82, 2.24) is 15.1 Å². The van der Waals surface area contributed by atoms with Crippen LogP contribution in [0.15, 0.2) is 34.4 Å². The van der Waals surface area contributed by atoms with E-state index in [1.807, 2.05) is 0 Å². The molecule has 3 aromatic rings. The van der Waals surface area contributed by atoms with Crippen molar-refractivity contribution in [3.8, 4) is 22.2 Å². The molecule has 0 saturated heterocycles. The van der Waals surface area contributed by atoms with Crippen LogP contribution in [0.4, 0.5) is 5.69 Å². The Morgan fingerprint density at radius 1 is 1.33 bits per heavy atom. The molecule has 0 fully saturated rings. The minimum Gasteiger partial charge on any atom is -0.398 e. The van der Waals surface area contributed by atoms with E-state index in [4.69, 9.17) is 21.9 Å². The molecule has 0 saturated carbocycles. The summed E-state index contributed by atoms with van der Waals surface area (Å²) in [4.78, 5) is 9.06. The van der Waals surface area contributed by atoms with Gasteiger partial charge < -0.3 is 10.3 Å². The maximum Gasteiger partial charge on any atom is 0.261 e. The highest BCUT2D eigenvalue weighted by Crippen LogP contribution is 2.33. The second-order valence-electron chi connectivity index (χ2n) is 3.49. The summed E-state index contributed by atoms with van der Waals surface area (Å²) in [5, 5.41) is 4.37. The highest BCUT2D eigenvalue weighted by molar-refractivity contribution is 7.13. The number of rotatable bonds is 2. The molecule has 2 heterocycles. The summed E-state index contributed by atoms with van der Waals surface area (Å²) in [6.45, 7) is 0. The third-order valence-electron chi connectivity index (χ3n) is 2.34. The van der Waals surface area contributed by atoms with Crippen LogP contribution < -0.4 is 5.73 Å². The minimum absolute atomic E-state index is 0.307. The number of nitrogen functional groups attached to an aromatic ring is 1. The van der Waals surface area contributed by atoms with Gasteiger partial charge in [-0.1, -0.05) is 22.8 Å². The first-order valence-electron chi connectivity index (χ1n) is 5.02. The molecule has 0 spiro atoms. The first-order valence-corrected chi connectivity index (χ1v) is 6.28. The molecule has 0 radical (unpaired) electrons. The predicted octanol–water partition coefficient (Wildman–Crippen LogP) is 3.10. The number of hydrogen-bond donors (Lipinski definition) is 1. The fourth-order valence-electron chi connectivity index (χ4n) is 1.52. The van der Waals surface area contributed by atoms with Gasteiger partial charge in [-0.3, -0.25) is 4.98 Å². The Balaban J connectivity index is 2.09. The van der Waals surface area contributed by atoms with Gasteiger partial charge in [0, 0.05) is 11.9 Å². The molecule has 0 aliphatic heterocycles. The summed E-state index contributed by atoms with van der Waals surface area (Å²) < 4.78 is 5.19. The van der Waals surface area contributed by atoms with Crippen molar-refractivity contribution in [2.45, 2.75) is 0 Å². The number of nitrogens with zero attached hydrogens (tertiary/aromatic N) is 3. The van der Waals surface area contributed by atoms with Crippen molar-refractivity contribution in [3.63, 3.8) is 0 Å². The smallest absolute Gasteiger partial charge is 0.261 e. The van der Waals surface area contributed by atoms with Crippen LogP contribution >= 0.6 is 22.9 Å². The predicted molar refractivity (Wildman–Crippen MR) is 70.3 cm³/mol. The first-order chi connectivity index (χ1) is 8.75. The quantitative estimate of drug-likeness (QED) is 0.729. The maximum atomic E-state index is 6.08. The van der Waals surface area contributed by atoms with E-state index in [1.54, 1.807) is 29.9 Å². The highest BCUT2D eigenvalue weighted by atomic mass is 35.5. The SMILES string of the molecule is Nc1cccc(Cl)c1-c1nc(-c2cncs2)no1. The van der Waals surface area contributed by atoms with Gasteiger partial charge in [0.2, 0.25) is 5.82 Å². The minimum atomic E-state index is 0.307. The normalized spacial score (nSPS) is 10.7. The summed E-state index contributed by atoms with van der Waals surface area (Å²) >= 11 is 7.51. The monoisotopic (exact) mass is 278 g/mol. The van der Waals surface area contributed by atoms with Gasteiger partial charge >= 0.3 is 0 Å². The van der Waals surface area contributed by atoms with E-state index < -0.39 is 0 Å². The zero-order valence-electron chi connectivity index (χ0n) is 9.00. The summed E-state index contributed by atoms with van der Waals surface area (Å²) in [5.41, 5.74) is 8.62. The van der Waals surface area contributed by atoms with Crippen LogP contribution in [0, 0.1) is 0 Å². The molecule has 2 N–H and O–H groups in total. The highest BCUT2D eigenvalue weighted by Gasteiger charge is 2.16. The average molecular weight is 279 g/mol. The van der Waals surface area contributed by atoms with E-state index >= 15 is 0 Å². The molecule has 0 bridgehead atoms. The summed E-state index contributed by atoms with van der Waals surface area (Å²) in [6.07, 6.45) is 1.68. The number of halogens is 1. The van der Waals surface area contributed by atoms with Crippen molar-refractivity contribution >= 4 is 28.6 Å². The van der Waals surface area contributed by atoms with Crippen LogP contribution in [0.25, 0.3) is 22.2 Å². The molecule has 1 aromatic carbocycles. The molecule has 0 atom stereocenters. The molecule has 7 heteroatoms. The Morgan fingerprint density at radius 2 is 2.22 bits per heavy atom. The number of nitrogens with two attached hydrogens (primary N) is 1. The molecule has 18 heavy (non-hydrogen) atoms. The van der Waals surface area contributed by atoms with Crippen molar-refractivity contribution < 1.29 is 4.52 Å². The van der Waals surface area contributed by atoms with E-state index in [0.29, 0.717) is 28.0 Å². The zero-order chi connectivity index (χ0) is 12.5. The summed E-state index contributed by atoms with van der Waals surface area (Å²) in [5.74, 6) is 0.785. The largest absolute Gasteiger partial charge is 0.398 e. The second-order valence-corrected chi connectivity index (χ2v) is 4.79. The maximum absolute atomic E-state index is 6.08. The number of aromatic nitrogens is 3. The van der Waals surface area contributed by atoms with Crippen LogP contribution in [0.1, 0.15) is 0 Å². The molecular weight excluding hydrogens is 272 g/mol. The molecule has 0 unspecified atom stereocenters. The van der Waals surface area contributed by atoms with Crippen LogP contribution in [-0.2, 0) is 0 Å². The lowest BCUT2D eigenvalue weighted by Gasteiger charge is -2.01. The lowest BCUT2D eigenvalue weighted by molar-refractivity contribution is 0.432. The zero-order valence-corrected chi connectivity index (χ0v) is 10.6. The lowest BCUT2D eigenvalue weighted by Crippen LogP contribution is -1.90. The molecule has 90 valence electrons. The van der Waals surface area contributed by atoms with Crippen LogP contribution in [0.5, 0.6) is 0 Å². The van der Waals surface area contributed by atoms with Gasteiger partial charge in [-0.25, -0.2) is 0 Å². The van der Waals surface area contributed by atoms with E-state index in [1.165, 1.54) is 11.3 Å². The molecule has 2 aromatic heterocycles. The molecule has 5 nitrogen and oxygen atoms in total. The third kappa shape index (κ3) is 1.85. The number of thiazole rings is 1. The molecule has 0 amide bonds. The van der Waals surface area contributed by atoms with Crippen molar-refractivity contribution in [2.24, 2.45) is 0 Å². The molecule has 0 aliphatic rings. The standard InChI is InChI=1S/C11H7ClN4OS/c12-6-2-1-3-7(13)9(6)11-15-10(16-17-11)8-4-14-5-18-8/h1-5H,13H2. The third-order valence-corrected chi connectivity index (χ3v) is 3.42. The van der Waals surface area contributed by atoms with E-state index in [-0.39, 0.29) is 0 Å². The molecule has 3 rings (SSSR count). The van der Waals surface area contributed by atoms with Crippen molar-refractivity contribution in [1.29, 1.82) is 0 Å². The van der Waals surface area contributed by atoms with Gasteiger partial charge in [-0.2, -0.15) is 4.98 Å². The number of anilines is 1. The second kappa shape index (κ2) is 4.40. The average Bonchev–Trinajstić information content (AvgIpc) is 2.99. The molecular formula is C11H7ClN4OS. The van der Waals surface area contributed by atoms with E-state index in [0.717, 1.165) is 4.88 Å². The van der Waals surface area contributed by atoms with Gasteiger partial charge in [0.05, 0.1) is 21.0 Å². The van der Waals surface area contributed by atoms with Gasteiger partial charge in [-0.05, 0) is 12.1 Å². The van der Waals surface area contributed by atoms with Crippen LogP contribution in [-0.4, -0.2) is 15.1 Å². The Bertz CT molecular complexity index is 660. The Morgan fingerprint density at radius 3 is 2.94 bits per heavy atom. The lowest BCUT2D eigenvalue weighted by atomic mass is 10.2. The number of hydrogen-bond acceptors (Lipinski definition) is 6. The Kier molecular flexibility index (Phi) is 2.73. The summed E-state index contributed by atoms with van der Waals surface area (Å²) in [7, 11) is 0. The van der Waals surface area contributed by atoms with Gasteiger partial charge in [-0.15, -0.1) is 11.3 Å². The van der Waals surface area contributed by atoms with Gasteiger partial charge in [0.15, 0.2) is 0 Å². The van der Waals surface area contributed by atoms with E-state index in [2.05, 4.69) is 15.1 Å². The first kappa shape index (κ1) is 11.2. The van der Waals surface area contributed by atoms with Crippen LogP contribution in [0.2, 0.25) is 5.02 Å². The topological polar surface area (TPSA) is 77.8 Å². The fraction of sp³-hybridized carbons (Fsp3) is 0. The summed E-state index contributed by atoms with van der Waals surface area (Å²) in [6, 6.07) is 5.23. The van der Waals surface area contributed by atoms with Crippen LogP contribution in [0.3, 0.4) is 0 Å². The van der Waals surface area contributed by atoms with E-state index in [9.17, 15) is 0 Å². The number of benzene rings is 1. The van der Waals surface area contributed by atoms with Crippen molar-refractivity contribution in [2.75, 3.05) is 5.73 Å². The van der Waals surface area contributed by atoms with Gasteiger partial charge in [0.1, 0.15) is 0 Å². The fourth-order valence-corrected chi connectivity index (χ4v) is 2.33. The van der Waals surface area contributed by atoms with Gasteiger partial charge in [0.25, 0.3) is 5.89 Å². The van der Waals surface area contributed by atoms with Crippen molar-refractivity contribution in [3.05, 3.63) is 34.9 Å².